The Morgan fingerprint density at radius 3 is 2.51 bits per heavy atom. The van der Waals surface area contributed by atoms with Gasteiger partial charge in [-0.2, -0.15) is 5.26 Å². The Bertz CT molecular complexity index is 1300. The average molecular weight is 503 g/mol. The first-order chi connectivity index (χ1) is 17.9. The molecule has 0 saturated carbocycles. The minimum Gasteiger partial charge on any atom is -0.465 e. The molecule has 3 rings (SSSR count). The highest BCUT2D eigenvalue weighted by Crippen LogP contribution is 2.26. The molecular formula is C26H26N6O5. The van der Waals surface area contributed by atoms with Crippen LogP contribution in [0.5, 0.6) is 0 Å². The molecule has 190 valence electrons. The topological polar surface area (TPSA) is 154 Å². The third-order valence-corrected chi connectivity index (χ3v) is 5.06. The number of hydrogen-bond acceptors (Lipinski definition) is 8. The molecule has 37 heavy (non-hydrogen) atoms. The molecule has 3 amide bonds. The molecule has 0 aliphatic rings. The minimum absolute atomic E-state index is 0.129. The summed E-state index contributed by atoms with van der Waals surface area (Å²) in [6.07, 6.45) is 1.50. The van der Waals surface area contributed by atoms with E-state index in [0.717, 1.165) is 5.56 Å². The number of anilines is 3. The number of esters is 1. The van der Waals surface area contributed by atoms with Crippen molar-refractivity contribution in [1.29, 1.82) is 5.26 Å². The van der Waals surface area contributed by atoms with Crippen LogP contribution in [-0.4, -0.2) is 36.0 Å². The van der Waals surface area contributed by atoms with Gasteiger partial charge in [0.25, 0.3) is 5.91 Å². The summed E-state index contributed by atoms with van der Waals surface area (Å²) in [4.78, 5) is 45.9. The summed E-state index contributed by atoms with van der Waals surface area (Å²) in [5.74, 6) is -0.729. The fraction of sp³-hybridized carbons (Fsp3) is 0.192. The molecule has 1 aromatic heterocycles. The number of benzene rings is 2. The largest absolute Gasteiger partial charge is 0.465 e. The zero-order valence-electron chi connectivity index (χ0n) is 20.3. The van der Waals surface area contributed by atoms with Gasteiger partial charge in [-0.25, -0.2) is 15.3 Å². The number of nitriles is 1. The van der Waals surface area contributed by atoms with Gasteiger partial charge in [0.05, 0.1) is 36.1 Å². The highest BCUT2D eigenvalue weighted by Gasteiger charge is 2.15. The van der Waals surface area contributed by atoms with Crippen molar-refractivity contribution in [2.75, 3.05) is 23.8 Å². The van der Waals surface area contributed by atoms with Crippen molar-refractivity contribution >= 4 is 35.1 Å². The summed E-state index contributed by atoms with van der Waals surface area (Å²) in [6, 6.07) is 16.8. The van der Waals surface area contributed by atoms with E-state index in [0.29, 0.717) is 28.1 Å². The molecule has 0 aliphatic heterocycles. The first-order valence-corrected chi connectivity index (χ1v) is 11.3. The highest BCUT2D eigenvalue weighted by molar-refractivity contribution is 6.00. The molecule has 0 unspecified atom stereocenters. The zero-order chi connectivity index (χ0) is 26.6. The van der Waals surface area contributed by atoms with Crippen LogP contribution < -0.4 is 21.4 Å². The lowest BCUT2D eigenvalue weighted by Crippen LogP contribution is -2.34. The second-order valence-electron chi connectivity index (χ2n) is 7.64. The number of pyridine rings is 1. The first-order valence-electron chi connectivity index (χ1n) is 11.3. The van der Waals surface area contributed by atoms with Gasteiger partial charge < -0.3 is 15.4 Å². The number of para-hydroxylation sites is 1. The number of ether oxygens (including phenoxy) is 1. The van der Waals surface area contributed by atoms with Gasteiger partial charge in [-0.05, 0) is 49.7 Å². The second-order valence-corrected chi connectivity index (χ2v) is 7.64. The van der Waals surface area contributed by atoms with Crippen molar-refractivity contribution in [2.24, 2.45) is 0 Å². The molecule has 3 aromatic rings. The Balaban J connectivity index is 1.63. The molecule has 0 fully saturated rings. The summed E-state index contributed by atoms with van der Waals surface area (Å²) in [6.45, 7) is 3.51. The molecule has 11 heteroatoms. The number of hydrogen-bond donors (Lipinski definition) is 4. The molecule has 0 aliphatic carbocycles. The lowest BCUT2D eigenvalue weighted by Gasteiger charge is -2.16. The van der Waals surface area contributed by atoms with E-state index in [1.54, 1.807) is 68.4 Å². The molecule has 0 spiro atoms. The Morgan fingerprint density at radius 1 is 1.03 bits per heavy atom. The van der Waals surface area contributed by atoms with Crippen LogP contribution in [-0.2, 0) is 21.0 Å². The average Bonchev–Trinajstić information content (AvgIpc) is 2.90. The molecule has 4 N–H and O–H groups in total. The molecule has 11 nitrogen and oxygen atoms in total. The van der Waals surface area contributed by atoms with Crippen molar-refractivity contribution < 1.29 is 24.0 Å². The highest BCUT2D eigenvalue weighted by atomic mass is 16.6. The second kappa shape index (κ2) is 13.2. The van der Waals surface area contributed by atoms with Gasteiger partial charge in [-0.3, -0.25) is 19.7 Å². The van der Waals surface area contributed by atoms with E-state index in [2.05, 4.69) is 26.4 Å². The van der Waals surface area contributed by atoms with Gasteiger partial charge in [0.2, 0.25) is 0 Å². The van der Waals surface area contributed by atoms with Crippen LogP contribution in [0.1, 0.15) is 34.0 Å². The number of rotatable bonds is 10. The third kappa shape index (κ3) is 7.78. The molecule has 0 atom stereocenters. The minimum atomic E-state index is -0.611. The SMILES string of the molecule is CCOC(=O)CNC(=O)Nc1nccc(Nc2ccccc2C(=O)NOCc2ccc(C#N)cc2)c1C. The van der Waals surface area contributed by atoms with Crippen LogP contribution in [0.15, 0.2) is 60.8 Å². The Kier molecular flexibility index (Phi) is 9.52. The molecule has 0 bridgehead atoms. The van der Waals surface area contributed by atoms with Gasteiger partial charge in [0, 0.05) is 17.4 Å². The first kappa shape index (κ1) is 26.7. The van der Waals surface area contributed by atoms with Crippen molar-refractivity contribution in [1.82, 2.24) is 15.8 Å². The van der Waals surface area contributed by atoms with Crippen LogP contribution in [0.2, 0.25) is 0 Å². The number of aromatic nitrogens is 1. The Morgan fingerprint density at radius 2 is 1.78 bits per heavy atom. The third-order valence-electron chi connectivity index (χ3n) is 5.06. The van der Waals surface area contributed by atoms with E-state index in [-0.39, 0.29) is 25.6 Å². The summed E-state index contributed by atoms with van der Waals surface area (Å²) in [5, 5.41) is 17.1. The van der Waals surface area contributed by atoms with E-state index in [1.807, 2.05) is 6.07 Å². The van der Waals surface area contributed by atoms with Crippen LogP contribution in [0, 0.1) is 18.3 Å². The van der Waals surface area contributed by atoms with E-state index < -0.39 is 17.9 Å². The van der Waals surface area contributed by atoms with E-state index in [1.165, 1.54) is 6.20 Å². The predicted molar refractivity (Wildman–Crippen MR) is 136 cm³/mol. The lowest BCUT2D eigenvalue weighted by atomic mass is 10.1. The van der Waals surface area contributed by atoms with Gasteiger partial charge in [0.1, 0.15) is 12.4 Å². The molecule has 2 aromatic carbocycles. The quantitative estimate of drug-likeness (QED) is 0.242. The number of nitrogens with one attached hydrogen (secondary N) is 4. The van der Waals surface area contributed by atoms with Crippen molar-refractivity contribution in [3.05, 3.63) is 83.0 Å². The van der Waals surface area contributed by atoms with Crippen molar-refractivity contribution in [3.63, 3.8) is 0 Å². The van der Waals surface area contributed by atoms with Crippen LogP contribution in [0.4, 0.5) is 22.0 Å². The van der Waals surface area contributed by atoms with Crippen molar-refractivity contribution in [3.8, 4) is 6.07 Å². The smallest absolute Gasteiger partial charge is 0.325 e. The maximum absolute atomic E-state index is 12.8. The van der Waals surface area contributed by atoms with Crippen LogP contribution >= 0.6 is 0 Å². The Labute approximate surface area is 213 Å². The number of hydroxylamine groups is 1. The molecule has 0 saturated heterocycles. The summed E-state index contributed by atoms with van der Waals surface area (Å²) < 4.78 is 4.78. The summed E-state index contributed by atoms with van der Waals surface area (Å²) in [5.41, 5.74) is 5.82. The monoisotopic (exact) mass is 502 g/mol. The van der Waals surface area contributed by atoms with Gasteiger partial charge in [-0.1, -0.05) is 24.3 Å². The summed E-state index contributed by atoms with van der Waals surface area (Å²) >= 11 is 0. The molecule has 0 radical (unpaired) electrons. The maximum atomic E-state index is 12.8. The summed E-state index contributed by atoms with van der Waals surface area (Å²) in [7, 11) is 0. The van der Waals surface area contributed by atoms with E-state index in [9.17, 15) is 14.4 Å². The maximum Gasteiger partial charge on any atom is 0.325 e. The predicted octanol–water partition coefficient (Wildman–Crippen LogP) is 3.55. The fourth-order valence-electron chi connectivity index (χ4n) is 3.16. The fourth-order valence-corrected chi connectivity index (χ4v) is 3.16. The lowest BCUT2D eigenvalue weighted by molar-refractivity contribution is -0.141. The molecule has 1 heterocycles. The van der Waals surface area contributed by atoms with Crippen LogP contribution in [0.25, 0.3) is 0 Å². The Hall–Kier alpha value is -4.95. The normalized spacial score (nSPS) is 10.1. The number of urea groups is 1. The number of carbonyl (C=O) groups excluding carboxylic acids is 3. The zero-order valence-corrected chi connectivity index (χ0v) is 20.3. The van der Waals surface area contributed by atoms with Gasteiger partial charge in [-0.15, -0.1) is 0 Å². The van der Waals surface area contributed by atoms with E-state index in [4.69, 9.17) is 14.8 Å². The van der Waals surface area contributed by atoms with Gasteiger partial charge in [0.15, 0.2) is 0 Å². The van der Waals surface area contributed by atoms with E-state index >= 15 is 0 Å². The standard InChI is InChI=1S/C26H26N6O5/c1-3-36-23(33)15-29-26(35)31-24-17(2)21(12-13-28-24)30-22-7-5-4-6-20(22)25(34)32-37-16-19-10-8-18(14-27)9-11-19/h4-13H,3,15-16H2,1-2H3,(H,32,34)(H3,28,29,30,31,35). The molecular weight excluding hydrogens is 476 g/mol. The van der Waals surface area contributed by atoms with Gasteiger partial charge >= 0.3 is 12.0 Å². The van der Waals surface area contributed by atoms with Crippen LogP contribution in [0.3, 0.4) is 0 Å². The number of carbonyl (C=O) groups is 3. The number of nitrogens with zero attached hydrogens (tertiary/aromatic N) is 2. The number of amides is 3. The van der Waals surface area contributed by atoms with Crippen molar-refractivity contribution in [2.45, 2.75) is 20.5 Å².